The number of benzene rings is 8. The molecule has 1 aromatic heterocycles. The Morgan fingerprint density at radius 1 is 0.312 bits per heavy atom. The van der Waals surface area contributed by atoms with Gasteiger partial charge in [0, 0.05) is 16.4 Å². The number of rotatable bonds is 7. The molecule has 5 nitrogen and oxygen atoms in total. The molecule has 0 amide bonds. The second kappa shape index (κ2) is 16.7. The topological polar surface area (TPSA) is 45.2 Å². The van der Waals surface area contributed by atoms with E-state index in [1.807, 2.05) is 0 Å². The quantitative estimate of drug-likeness (QED) is 0.149. The lowest BCUT2D eigenvalue weighted by Crippen LogP contribution is -2.57. The normalized spacial score (nSPS) is 26.1. The molecule has 5 heteroatoms. The van der Waals surface area contributed by atoms with Crippen molar-refractivity contribution in [3.8, 4) is 11.4 Å². The van der Waals surface area contributed by atoms with Crippen molar-refractivity contribution in [2.75, 3.05) is 9.80 Å². The van der Waals surface area contributed by atoms with Crippen LogP contribution in [0.5, 0.6) is 0 Å². The SMILES string of the molecule is c1ccc(C(c2ccccc2)(c2ccccc2)c2cccc(-c3nc(N4c5ccccc5C5(c6ccccc64)C4CC6CC(C4)CC5C6)nc(N4c5ccccc5C5(c6ccccc64)C4CC6CC(C4)CC5C6)n3)c2)cc1. The molecule has 8 fully saturated rings. The molecule has 77 heavy (non-hydrogen) atoms. The molecule has 8 bridgehead atoms. The third-order valence-corrected chi connectivity index (χ3v) is 21.4. The highest BCUT2D eigenvalue weighted by atomic mass is 15.4. The van der Waals surface area contributed by atoms with E-state index in [2.05, 4.69) is 222 Å². The Morgan fingerprint density at radius 2 is 0.623 bits per heavy atom. The summed E-state index contributed by atoms with van der Waals surface area (Å²) in [5.41, 5.74) is 15.6. The molecule has 9 aromatic rings. The summed E-state index contributed by atoms with van der Waals surface area (Å²) < 4.78 is 0. The van der Waals surface area contributed by atoms with Gasteiger partial charge in [-0.3, -0.25) is 9.80 Å². The van der Waals surface area contributed by atoms with E-state index < -0.39 is 5.41 Å². The zero-order valence-electron chi connectivity index (χ0n) is 43.6. The van der Waals surface area contributed by atoms with Crippen LogP contribution in [-0.4, -0.2) is 15.0 Å². The molecule has 8 saturated carbocycles. The average Bonchev–Trinajstić information content (AvgIpc) is 3.66. The van der Waals surface area contributed by atoms with Gasteiger partial charge >= 0.3 is 0 Å². The van der Waals surface area contributed by atoms with E-state index in [1.54, 1.807) is 0 Å². The Hall–Kier alpha value is -7.63. The van der Waals surface area contributed by atoms with Gasteiger partial charge in [0.1, 0.15) is 0 Å². The molecule has 8 aromatic carbocycles. The first kappa shape index (κ1) is 44.5. The van der Waals surface area contributed by atoms with Crippen LogP contribution < -0.4 is 9.80 Å². The average molecular weight is 998 g/mol. The molecular weight excluding hydrogens is 935 g/mol. The fourth-order valence-corrected chi connectivity index (χ4v) is 19.3. The standard InChI is InChI=1S/C72H63N5/c1-4-20-51(21-5-1)70(52-22-6-2-7-23-52,53-24-8-3-9-25-53)54-26-18-19-50(45-54)67-73-68(76-63-31-14-10-27-59(63)71(60-28-11-15-32-64(60)76)55-37-46-35-47(39-55)40-56(71)38-46)75-69(74-67)77-65-33-16-12-29-61(65)72(62-30-13-17-34-66(62)77)57-41-48-36-49(43-57)44-58(72)42-48/h1-34,45-49,55-58H,35-44H2. The first-order chi connectivity index (χ1) is 38.1. The summed E-state index contributed by atoms with van der Waals surface area (Å²) in [7, 11) is 0. The predicted molar refractivity (Wildman–Crippen MR) is 309 cm³/mol. The van der Waals surface area contributed by atoms with Crippen LogP contribution in [0.15, 0.2) is 212 Å². The van der Waals surface area contributed by atoms with Gasteiger partial charge in [-0.2, -0.15) is 15.0 Å². The second-order valence-electron chi connectivity index (χ2n) is 24.8. The van der Waals surface area contributed by atoms with E-state index in [0.29, 0.717) is 41.4 Å². The maximum atomic E-state index is 5.90. The zero-order valence-corrected chi connectivity index (χ0v) is 43.6. The summed E-state index contributed by atoms with van der Waals surface area (Å²) in [6.07, 6.45) is 13.4. The van der Waals surface area contributed by atoms with Crippen molar-refractivity contribution < 1.29 is 0 Å². The van der Waals surface area contributed by atoms with Gasteiger partial charge in [0.25, 0.3) is 0 Å². The largest absolute Gasteiger partial charge is 0.278 e. The van der Waals surface area contributed by atoms with Gasteiger partial charge < -0.3 is 0 Å². The second-order valence-corrected chi connectivity index (χ2v) is 24.8. The maximum absolute atomic E-state index is 5.90. The molecule has 0 radical (unpaired) electrons. The molecule has 376 valence electrons. The van der Waals surface area contributed by atoms with Crippen LogP contribution in [0.25, 0.3) is 11.4 Å². The number of anilines is 6. The highest BCUT2D eigenvalue weighted by Gasteiger charge is 2.63. The fourth-order valence-electron chi connectivity index (χ4n) is 19.3. The summed E-state index contributed by atoms with van der Waals surface area (Å²) in [6.45, 7) is 0. The third kappa shape index (κ3) is 6.09. The van der Waals surface area contributed by atoms with Crippen molar-refractivity contribution in [2.45, 2.75) is 80.5 Å². The lowest BCUT2D eigenvalue weighted by molar-refractivity contribution is -0.0419. The van der Waals surface area contributed by atoms with Crippen molar-refractivity contribution in [2.24, 2.45) is 47.3 Å². The Balaban J connectivity index is 0.917. The lowest BCUT2D eigenvalue weighted by Gasteiger charge is -2.64. The molecular formula is C72H63N5. The number of hydrogen-bond acceptors (Lipinski definition) is 5. The summed E-state index contributed by atoms with van der Waals surface area (Å²) in [4.78, 5) is 22.4. The first-order valence-corrected chi connectivity index (χ1v) is 29.1. The van der Waals surface area contributed by atoms with Gasteiger partial charge in [-0.25, -0.2) is 0 Å². The van der Waals surface area contributed by atoms with Gasteiger partial charge in [0.05, 0.1) is 28.2 Å². The first-order valence-electron chi connectivity index (χ1n) is 29.1. The molecule has 0 unspecified atom stereocenters. The van der Waals surface area contributed by atoms with Crippen molar-refractivity contribution in [1.29, 1.82) is 0 Å². The Labute approximate surface area is 453 Å². The van der Waals surface area contributed by atoms with Crippen LogP contribution in [0.4, 0.5) is 34.6 Å². The van der Waals surface area contributed by atoms with Gasteiger partial charge in [-0.1, -0.05) is 182 Å². The minimum atomic E-state index is -0.645. The van der Waals surface area contributed by atoms with E-state index in [4.69, 9.17) is 15.0 Å². The highest BCUT2D eigenvalue weighted by molar-refractivity contribution is 5.88. The highest BCUT2D eigenvalue weighted by Crippen LogP contribution is 2.71. The van der Waals surface area contributed by atoms with Crippen molar-refractivity contribution in [1.82, 2.24) is 15.0 Å². The van der Waals surface area contributed by atoms with Crippen molar-refractivity contribution in [3.05, 3.63) is 257 Å². The number of para-hydroxylation sites is 4. The molecule has 0 saturated heterocycles. The van der Waals surface area contributed by atoms with Gasteiger partial charge in [-0.15, -0.1) is 0 Å². The number of nitrogens with zero attached hydrogens (tertiary/aromatic N) is 5. The summed E-state index contributed by atoms with van der Waals surface area (Å²) >= 11 is 0. The van der Waals surface area contributed by atoms with E-state index in [0.717, 1.165) is 34.8 Å². The van der Waals surface area contributed by atoms with E-state index in [1.165, 1.54) is 126 Å². The minimum absolute atomic E-state index is 0.0441. The summed E-state index contributed by atoms with van der Waals surface area (Å²) in [5, 5.41) is 0. The molecule has 8 aliphatic carbocycles. The summed E-state index contributed by atoms with van der Waals surface area (Å²) in [5.74, 6) is 7.84. The van der Waals surface area contributed by atoms with Crippen LogP contribution >= 0.6 is 0 Å². The fraction of sp³-hybridized carbons (Fsp3) is 0.292. The molecule has 0 atom stereocenters. The molecule has 2 aliphatic heterocycles. The molecule has 19 rings (SSSR count). The van der Waals surface area contributed by atoms with Crippen LogP contribution in [-0.2, 0) is 16.2 Å². The predicted octanol–water partition coefficient (Wildman–Crippen LogP) is 17.0. The Morgan fingerprint density at radius 3 is 0.974 bits per heavy atom. The minimum Gasteiger partial charge on any atom is -0.278 e. The number of hydrogen-bond donors (Lipinski definition) is 0. The zero-order chi connectivity index (χ0) is 50.5. The van der Waals surface area contributed by atoms with Gasteiger partial charge in [0.15, 0.2) is 5.82 Å². The van der Waals surface area contributed by atoms with Crippen molar-refractivity contribution >= 4 is 34.6 Å². The summed E-state index contributed by atoms with van der Waals surface area (Å²) in [6, 6.07) is 79.8. The van der Waals surface area contributed by atoms with Crippen LogP contribution in [0.2, 0.25) is 0 Å². The molecule has 0 N–H and O–H groups in total. The van der Waals surface area contributed by atoms with E-state index >= 15 is 0 Å². The van der Waals surface area contributed by atoms with Crippen LogP contribution in [0, 0.1) is 47.3 Å². The van der Waals surface area contributed by atoms with Crippen molar-refractivity contribution in [3.63, 3.8) is 0 Å². The van der Waals surface area contributed by atoms with E-state index in [-0.39, 0.29) is 10.8 Å². The Bertz CT molecular complexity index is 3360. The van der Waals surface area contributed by atoms with Gasteiger partial charge in [-0.05, 0) is 186 Å². The third-order valence-electron chi connectivity index (χ3n) is 21.4. The van der Waals surface area contributed by atoms with Crippen LogP contribution in [0.3, 0.4) is 0 Å². The Kier molecular flexibility index (Phi) is 9.64. The van der Waals surface area contributed by atoms with Crippen LogP contribution in [0.1, 0.15) is 109 Å². The molecule has 2 spiro atoms. The van der Waals surface area contributed by atoms with Gasteiger partial charge in [0.2, 0.25) is 11.9 Å². The maximum Gasteiger partial charge on any atom is 0.240 e. The monoisotopic (exact) mass is 998 g/mol. The van der Waals surface area contributed by atoms with E-state index in [9.17, 15) is 0 Å². The molecule has 10 aliphatic rings. The number of fused-ring (bicyclic) bond motifs is 4. The lowest BCUT2D eigenvalue weighted by atomic mass is 9.41. The smallest absolute Gasteiger partial charge is 0.240 e. The molecule has 3 heterocycles. The number of aromatic nitrogens is 3.